The van der Waals surface area contributed by atoms with Crippen LogP contribution in [-0.4, -0.2) is 56.3 Å². The number of sulfonamides is 1. The summed E-state index contributed by atoms with van der Waals surface area (Å²) in [6.07, 6.45) is 5.50. The van der Waals surface area contributed by atoms with E-state index in [0.29, 0.717) is 18.2 Å². The molecule has 1 saturated carbocycles. The number of hydrogen-bond acceptors (Lipinski definition) is 4. The number of carbonyl (C=O) groups excluding carboxylic acids is 1. The third kappa shape index (κ3) is 5.43. The average molecular weight is 446 g/mol. The minimum Gasteiger partial charge on any atom is -0.340 e. The normalized spacial score (nSPS) is 18.3. The van der Waals surface area contributed by atoms with Crippen molar-refractivity contribution in [2.24, 2.45) is 0 Å². The molecule has 0 spiro atoms. The third-order valence-corrected chi connectivity index (χ3v) is 7.59. The summed E-state index contributed by atoms with van der Waals surface area (Å²) in [7, 11) is -3.79. The highest BCUT2D eigenvalue weighted by molar-refractivity contribution is 7.92. The van der Waals surface area contributed by atoms with Gasteiger partial charge >= 0.3 is 0 Å². The molecular weight excluding hydrogens is 417 g/mol. The van der Waals surface area contributed by atoms with Crippen molar-refractivity contribution < 1.29 is 17.6 Å². The van der Waals surface area contributed by atoms with Crippen molar-refractivity contribution in [1.82, 2.24) is 9.80 Å². The number of anilines is 1. The Balaban J connectivity index is 1.30. The molecule has 0 aromatic heterocycles. The molecule has 1 aliphatic carbocycles. The standard InChI is InChI=1S/C23H28FN3O3S/c24-19-7-11-22(12-8-19)31(29,30)25-20-9-5-18(6-10-20)17-23(28)27-15-13-26(14-16-27)21-3-1-2-4-21/h5-12,21,25H,1-4,13-17H2. The molecule has 2 aromatic carbocycles. The summed E-state index contributed by atoms with van der Waals surface area (Å²) in [5.41, 5.74) is 1.23. The Morgan fingerprint density at radius 1 is 0.935 bits per heavy atom. The topological polar surface area (TPSA) is 69.7 Å². The van der Waals surface area contributed by atoms with Gasteiger partial charge in [0.25, 0.3) is 10.0 Å². The van der Waals surface area contributed by atoms with Crippen LogP contribution >= 0.6 is 0 Å². The van der Waals surface area contributed by atoms with Crippen LogP contribution in [0.1, 0.15) is 31.2 Å². The molecule has 1 saturated heterocycles. The van der Waals surface area contributed by atoms with Crippen molar-refractivity contribution in [2.75, 3.05) is 30.9 Å². The molecule has 8 heteroatoms. The van der Waals surface area contributed by atoms with E-state index in [2.05, 4.69) is 9.62 Å². The number of benzene rings is 2. The summed E-state index contributed by atoms with van der Waals surface area (Å²) in [6, 6.07) is 12.2. The second-order valence-corrected chi connectivity index (χ2v) is 9.97. The molecule has 0 atom stereocenters. The fourth-order valence-corrected chi connectivity index (χ4v) is 5.47. The fourth-order valence-electron chi connectivity index (χ4n) is 4.41. The molecule has 1 aliphatic heterocycles. The minimum atomic E-state index is -3.79. The zero-order valence-electron chi connectivity index (χ0n) is 17.5. The van der Waals surface area contributed by atoms with Crippen molar-refractivity contribution >= 4 is 21.6 Å². The van der Waals surface area contributed by atoms with Crippen molar-refractivity contribution in [1.29, 1.82) is 0 Å². The number of hydrogen-bond donors (Lipinski definition) is 1. The Bertz CT molecular complexity index is 995. The lowest BCUT2D eigenvalue weighted by Gasteiger charge is -2.38. The van der Waals surface area contributed by atoms with Crippen molar-refractivity contribution in [3.05, 3.63) is 59.9 Å². The minimum absolute atomic E-state index is 0.00935. The maximum atomic E-state index is 13.0. The summed E-state index contributed by atoms with van der Waals surface area (Å²) >= 11 is 0. The summed E-state index contributed by atoms with van der Waals surface area (Å²) < 4.78 is 40.3. The first-order valence-electron chi connectivity index (χ1n) is 10.8. The van der Waals surface area contributed by atoms with Crippen LogP contribution in [0.3, 0.4) is 0 Å². The number of carbonyl (C=O) groups is 1. The van der Waals surface area contributed by atoms with Crippen molar-refractivity contribution in [3.8, 4) is 0 Å². The van der Waals surface area contributed by atoms with Gasteiger partial charge in [0.2, 0.25) is 5.91 Å². The number of amides is 1. The average Bonchev–Trinajstić information content (AvgIpc) is 3.30. The summed E-state index contributed by atoms with van der Waals surface area (Å²) in [5, 5.41) is 0. The monoisotopic (exact) mass is 445 g/mol. The largest absolute Gasteiger partial charge is 0.340 e. The summed E-state index contributed by atoms with van der Waals surface area (Å²) in [4.78, 5) is 17.1. The Kier molecular flexibility index (Phi) is 6.57. The van der Waals surface area contributed by atoms with Gasteiger partial charge in [0.15, 0.2) is 0 Å². The number of nitrogens with zero attached hydrogens (tertiary/aromatic N) is 2. The zero-order valence-corrected chi connectivity index (χ0v) is 18.3. The predicted octanol–water partition coefficient (Wildman–Crippen LogP) is 3.26. The summed E-state index contributed by atoms with van der Waals surface area (Å²) in [6.45, 7) is 3.43. The Hall–Kier alpha value is -2.45. The molecule has 1 N–H and O–H groups in total. The third-order valence-electron chi connectivity index (χ3n) is 6.19. The van der Waals surface area contributed by atoms with E-state index in [1.54, 1.807) is 24.3 Å². The molecule has 4 rings (SSSR count). The summed E-state index contributed by atoms with van der Waals surface area (Å²) in [5.74, 6) is -0.390. The number of rotatable bonds is 6. The van der Waals surface area contributed by atoms with Gasteiger partial charge in [0.1, 0.15) is 5.82 Å². The maximum Gasteiger partial charge on any atom is 0.261 e. The molecule has 1 amide bonds. The van der Waals surface area contributed by atoms with Crippen LogP contribution in [0.2, 0.25) is 0 Å². The molecule has 0 radical (unpaired) electrons. The molecule has 166 valence electrons. The van der Waals surface area contributed by atoms with Gasteiger partial charge in [-0.3, -0.25) is 14.4 Å². The molecule has 2 fully saturated rings. The van der Waals surface area contributed by atoms with Gasteiger partial charge in [-0.2, -0.15) is 0 Å². The van der Waals surface area contributed by atoms with E-state index in [1.165, 1.54) is 37.8 Å². The second-order valence-electron chi connectivity index (χ2n) is 8.29. The van der Waals surface area contributed by atoms with E-state index < -0.39 is 15.8 Å². The number of piperazine rings is 1. The SMILES string of the molecule is O=C(Cc1ccc(NS(=O)(=O)c2ccc(F)cc2)cc1)N1CCN(C2CCCC2)CC1. The Morgan fingerprint density at radius 3 is 2.16 bits per heavy atom. The van der Waals surface area contributed by atoms with Gasteiger partial charge in [0.05, 0.1) is 11.3 Å². The maximum absolute atomic E-state index is 13.0. The van der Waals surface area contributed by atoms with Crippen LogP contribution in [0.5, 0.6) is 0 Å². The molecule has 2 aliphatic rings. The van der Waals surface area contributed by atoms with Crippen LogP contribution in [-0.2, 0) is 21.2 Å². The van der Waals surface area contributed by atoms with Crippen LogP contribution < -0.4 is 4.72 Å². The molecule has 2 aromatic rings. The van der Waals surface area contributed by atoms with Gasteiger partial charge in [-0.1, -0.05) is 25.0 Å². The number of nitrogens with one attached hydrogen (secondary N) is 1. The van der Waals surface area contributed by atoms with E-state index in [0.717, 1.165) is 43.9 Å². The predicted molar refractivity (Wildman–Crippen MR) is 118 cm³/mol. The van der Waals surface area contributed by atoms with Crippen molar-refractivity contribution in [3.63, 3.8) is 0 Å². The van der Waals surface area contributed by atoms with Gasteiger partial charge in [-0.25, -0.2) is 12.8 Å². The smallest absolute Gasteiger partial charge is 0.261 e. The van der Waals surface area contributed by atoms with E-state index >= 15 is 0 Å². The van der Waals surface area contributed by atoms with Gasteiger partial charge in [0, 0.05) is 37.9 Å². The van der Waals surface area contributed by atoms with E-state index in [4.69, 9.17) is 0 Å². The second kappa shape index (κ2) is 9.36. The van der Waals surface area contributed by atoms with Gasteiger partial charge < -0.3 is 4.90 Å². The highest BCUT2D eigenvalue weighted by Gasteiger charge is 2.27. The quantitative estimate of drug-likeness (QED) is 0.741. The first-order chi connectivity index (χ1) is 14.9. The van der Waals surface area contributed by atoms with Crippen molar-refractivity contribution in [2.45, 2.75) is 43.0 Å². The molecule has 1 heterocycles. The van der Waals surface area contributed by atoms with Crippen LogP contribution in [0.25, 0.3) is 0 Å². The Morgan fingerprint density at radius 2 is 1.55 bits per heavy atom. The highest BCUT2D eigenvalue weighted by atomic mass is 32.2. The van der Waals surface area contributed by atoms with E-state index in [-0.39, 0.29) is 10.8 Å². The first kappa shape index (κ1) is 21.8. The molecular formula is C23H28FN3O3S. The molecule has 31 heavy (non-hydrogen) atoms. The van der Waals surface area contributed by atoms with Crippen LogP contribution in [0.15, 0.2) is 53.4 Å². The molecule has 0 bridgehead atoms. The fraction of sp³-hybridized carbons (Fsp3) is 0.435. The van der Waals surface area contributed by atoms with E-state index in [1.807, 2.05) is 4.90 Å². The molecule has 0 unspecified atom stereocenters. The van der Waals surface area contributed by atoms with E-state index in [9.17, 15) is 17.6 Å². The van der Waals surface area contributed by atoms with Gasteiger partial charge in [-0.15, -0.1) is 0 Å². The van der Waals surface area contributed by atoms with Crippen LogP contribution in [0, 0.1) is 5.82 Å². The zero-order chi connectivity index (χ0) is 21.8. The highest BCUT2D eigenvalue weighted by Crippen LogP contribution is 2.24. The Labute approximate surface area is 183 Å². The first-order valence-corrected chi connectivity index (χ1v) is 12.3. The van der Waals surface area contributed by atoms with Gasteiger partial charge in [-0.05, 0) is 54.8 Å². The number of halogens is 1. The lowest BCUT2D eigenvalue weighted by molar-refractivity contribution is -0.132. The van der Waals surface area contributed by atoms with Crippen LogP contribution in [0.4, 0.5) is 10.1 Å². The molecule has 6 nitrogen and oxygen atoms in total. The lowest BCUT2D eigenvalue weighted by atomic mass is 10.1. The lowest BCUT2D eigenvalue weighted by Crippen LogP contribution is -2.51.